The average molecular weight is 408 g/mol. The number of rotatable bonds is 6. The molecule has 2 aromatic rings. The van der Waals surface area contributed by atoms with Gasteiger partial charge in [-0.05, 0) is 24.6 Å². The number of hydrogen-bond donors (Lipinski definition) is 1. The number of allylic oxidation sites excluding steroid dienone is 1. The SMILES string of the molecule is C=CCc1c(COC)nc(N2CCN(c3cccc(C(F)(F)F)c3)CC2)[nH]c1=O. The van der Waals surface area contributed by atoms with Crippen molar-refractivity contribution < 1.29 is 17.9 Å². The van der Waals surface area contributed by atoms with Crippen LogP contribution in [0.1, 0.15) is 16.8 Å². The van der Waals surface area contributed by atoms with Gasteiger partial charge in [0.05, 0.1) is 17.9 Å². The molecular weight excluding hydrogens is 385 g/mol. The molecule has 29 heavy (non-hydrogen) atoms. The van der Waals surface area contributed by atoms with Crippen molar-refractivity contribution in [1.29, 1.82) is 0 Å². The van der Waals surface area contributed by atoms with Gasteiger partial charge in [-0.3, -0.25) is 9.78 Å². The number of aromatic nitrogens is 2. The van der Waals surface area contributed by atoms with E-state index in [2.05, 4.69) is 16.5 Å². The van der Waals surface area contributed by atoms with Crippen molar-refractivity contribution in [2.75, 3.05) is 43.1 Å². The van der Waals surface area contributed by atoms with Gasteiger partial charge in [-0.2, -0.15) is 13.2 Å². The number of hydrogen-bond acceptors (Lipinski definition) is 5. The minimum atomic E-state index is -4.37. The largest absolute Gasteiger partial charge is 0.416 e. The van der Waals surface area contributed by atoms with Gasteiger partial charge < -0.3 is 14.5 Å². The fraction of sp³-hybridized carbons (Fsp3) is 0.400. The molecule has 0 radical (unpaired) electrons. The van der Waals surface area contributed by atoms with Crippen LogP contribution in [0.3, 0.4) is 0 Å². The van der Waals surface area contributed by atoms with E-state index >= 15 is 0 Å². The minimum absolute atomic E-state index is 0.213. The predicted molar refractivity (Wildman–Crippen MR) is 105 cm³/mol. The third-order valence-corrected chi connectivity index (χ3v) is 4.84. The summed E-state index contributed by atoms with van der Waals surface area (Å²) in [5.41, 5.74) is 0.717. The molecule has 6 nitrogen and oxygen atoms in total. The number of H-pyrrole nitrogens is 1. The lowest BCUT2D eigenvalue weighted by molar-refractivity contribution is -0.137. The first kappa shape index (κ1) is 20.9. The van der Waals surface area contributed by atoms with E-state index in [9.17, 15) is 18.0 Å². The van der Waals surface area contributed by atoms with E-state index in [4.69, 9.17) is 4.74 Å². The number of nitrogens with one attached hydrogen (secondary N) is 1. The third-order valence-electron chi connectivity index (χ3n) is 4.84. The Kier molecular flexibility index (Phi) is 6.26. The van der Waals surface area contributed by atoms with Crippen LogP contribution in [-0.2, 0) is 23.9 Å². The topological polar surface area (TPSA) is 61.5 Å². The number of methoxy groups -OCH3 is 1. The molecule has 0 spiro atoms. The molecule has 1 aliphatic heterocycles. The summed E-state index contributed by atoms with van der Waals surface area (Å²) in [6, 6.07) is 5.32. The molecule has 2 heterocycles. The Balaban J connectivity index is 1.76. The number of halogens is 3. The monoisotopic (exact) mass is 408 g/mol. The summed E-state index contributed by atoms with van der Waals surface area (Å²) in [7, 11) is 1.54. The fourth-order valence-corrected chi connectivity index (χ4v) is 3.35. The van der Waals surface area contributed by atoms with E-state index < -0.39 is 11.7 Å². The zero-order chi connectivity index (χ0) is 21.0. The molecule has 0 saturated carbocycles. The smallest absolute Gasteiger partial charge is 0.378 e. The molecule has 3 rings (SSSR count). The molecule has 0 aliphatic carbocycles. The van der Waals surface area contributed by atoms with E-state index in [1.54, 1.807) is 12.1 Å². The Hall–Kier alpha value is -2.81. The van der Waals surface area contributed by atoms with Gasteiger partial charge in [-0.25, -0.2) is 4.98 Å². The van der Waals surface area contributed by atoms with Crippen molar-refractivity contribution in [2.45, 2.75) is 19.2 Å². The minimum Gasteiger partial charge on any atom is -0.378 e. The lowest BCUT2D eigenvalue weighted by atomic mass is 10.1. The van der Waals surface area contributed by atoms with Crippen molar-refractivity contribution in [3.05, 3.63) is 64.1 Å². The number of anilines is 2. The normalized spacial score (nSPS) is 14.9. The Labute approximate surface area is 166 Å². The number of piperazine rings is 1. The second-order valence-corrected chi connectivity index (χ2v) is 6.76. The van der Waals surface area contributed by atoms with Crippen LogP contribution in [-0.4, -0.2) is 43.3 Å². The summed E-state index contributed by atoms with van der Waals surface area (Å²) >= 11 is 0. The van der Waals surface area contributed by atoms with Crippen molar-refractivity contribution in [2.24, 2.45) is 0 Å². The van der Waals surface area contributed by atoms with Gasteiger partial charge in [-0.15, -0.1) is 6.58 Å². The van der Waals surface area contributed by atoms with Crippen molar-refractivity contribution >= 4 is 11.6 Å². The molecule has 1 aliphatic rings. The zero-order valence-electron chi connectivity index (χ0n) is 16.1. The van der Waals surface area contributed by atoms with Gasteiger partial charge in [0.25, 0.3) is 5.56 Å². The maximum absolute atomic E-state index is 13.0. The summed E-state index contributed by atoms with van der Waals surface area (Å²) in [6.45, 7) is 5.94. The van der Waals surface area contributed by atoms with Crippen LogP contribution in [0.5, 0.6) is 0 Å². The first-order valence-corrected chi connectivity index (χ1v) is 9.22. The van der Waals surface area contributed by atoms with Crippen molar-refractivity contribution in [3.63, 3.8) is 0 Å². The summed E-state index contributed by atoms with van der Waals surface area (Å²) in [4.78, 5) is 23.6. The van der Waals surface area contributed by atoms with E-state index in [-0.39, 0.29) is 12.2 Å². The second-order valence-electron chi connectivity index (χ2n) is 6.76. The van der Waals surface area contributed by atoms with Crippen LogP contribution < -0.4 is 15.4 Å². The van der Waals surface area contributed by atoms with Gasteiger partial charge in [0.2, 0.25) is 5.95 Å². The molecule has 1 saturated heterocycles. The molecule has 1 aromatic carbocycles. The van der Waals surface area contributed by atoms with Gasteiger partial charge >= 0.3 is 6.18 Å². The Morgan fingerprint density at radius 1 is 1.24 bits per heavy atom. The number of benzene rings is 1. The van der Waals surface area contributed by atoms with Crippen LogP contribution in [0.2, 0.25) is 0 Å². The first-order valence-electron chi connectivity index (χ1n) is 9.22. The lowest BCUT2D eigenvalue weighted by Crippen LogP contribution is -2.47. The molecule has 9 heteroatoms. The summed E-state index contributed by atoms with van der Waals surface area (Å²) in [5, 5.41) is 0. The predicted octanol–water partition coefficient (Wildman–Crippen LogP) is 2.99. The van der Waals surface area contributed by atoms with E-state index in [1.807, 2.05) is 9.80 Å². The van der Waals surface area contributed by atoms with Crippen molar-refractivity contribution in [1.82, 2.24) is 9.97 Å². The molecule has 1 aromatic heterocycles. The second kappa shape index (κ2) is 8.69. The van der Waals surface area contributed by atoms with Crippen LogP contribution in [0, 0.1) is 0 Å². The van der Waals surface area contributed by atoms with Crippen LogP contribution >= 0.6 is 0 Å². The van der Waals surface area contributed by atoms with Gasteiger partial charge in [0, 0.05) is 44.5 Å². The molecule has 1 N–H and O–H groups in total. The first-order chi connectivity index (χ1) is 13.8. The van der Waals surface area contributed by atoms with E-state index in [0.29, 0.717) is 55.5 Å². The number of nitrogens with zero attached hydrogens (tertiary/aromatic N) is 3. The summed E-state index contributed by atoms with van der Waals surface area (Å²) in [6.07, 6.45) is -2.34. The maximum atomic E-state index is 13.0. The molecule has 156 valence electrons. The average Bonchev–Trinajstić information content (AvgIpc) is 2.70. The highest BCUT2D eigenvalue weighted by atomic mass is 19.4. The maximum Gasteiger partial charge on any atom is 0.416 e. The summed E-state index contributed by atoms with van der Waals surface area (Å²) < 4.78 is 44.0. The highest BCUT2D eigenvalue weighted by Gasteiger charge is 2.31. The molecule has 0 unspecified atom stereocenters. The molecular formula is C20H23F3N4O2. The van der Waals surface area contributed by atoms with Gasteiger partial charge in [-0.1, -0.05) is 12.1 Å². The number of alkyl halides is 3. The Bertz CT molecular complexity index is 919. The van der Waals surface area contributed by atoms with E-state index in [0.717, 1.165) is 12.1 Å². The molecule has 1 fully saturated rings. The lowest BCUT2D eigenvalue weighted by Gasteiger charge is -2.36. The summed E-state index contributed by atoms with van der Waals surface area (Å²) in [5.74, 6) is 0.443. The molecule has 0 bridgehead atoms. The standard InChI is InChI=1S/C20H23F3N4O2/c1-3-5-16-17(13-29-2)24-19(25-18(16)28)27-10-8-26(9-11-27)15-7-4-6-14(12-15)20(21,22)23/h3-4,6-7,12H,1,5,8-11,13H2,2H3,(H,24,25,28). The van der Waals surface area contributed by atoms with E-state index in [1.165, 1.54) is 13.2 Å². The quantitative estimate of drug-likeness (QED) is 0.745. The molecule has 0 atom stereocenters. The van der Waals surface area contributed by atoms with Crippen LogP contribution in [0.15, 0.2) is 41.7 Å². The number of aromatic amines is 1. The van der Waals surface area contributed by atoms with Crippen molar-refractivity contribution in [3.8, 4) is 0 Å². The number of ether oxygens (including phenoxy) is 1. The third kappa shape index (κ3) is 4.79. The zero-order valence-corrected chi connectivity index (χ0v) is 16.1. The van der Waals surface area contributed by atoms with Crippen LogP contribution in [0.25, 0.3) is 0 Å². The Morgan fingerprint density at radius 3 is 2.55 bits per heavy atom. The highest BCUT2D eigenvalue weighted by Crippen LogP contribution is 2.32. The molecule has 0 amide bonds. The van der Waals surface area contributed by atoms with Crippen LogP contribution in [0.4, 0.5) is 24.8 Å². The Morgan fingerprint density at radius 2 is 1.93 bits per heavy atom. The highest BCUT2D eigenvalue weighted by molar-refractivity contribution is 5.51. The van der Waals surface area contributed by atoms with Gasteiger partial charge in [0.1, 0.15) is 0 Å². The fourth-order valence-electron chi connectivity index (χ4n) is 3.35. The van der Waals surface area contributed by atoms with Gasteiger partial charge in [0.15, 0.2) is 0 Å².